The van der Waals surface area contributed by atoms with Gasteiger partial charge in [-0.2, -0.15) is 0 Å². The Labute approximate surface area is 87.0 Å². The molecule has 3 N–H and O–H groups in total. The van der Waals surface area contributed by atoms with Gasteiger partial charge in [-0.1, -0.05) is 23.2 Å². The summed E-state index contributed by atoms with van der Waals surface area (Å²) in [7, 11) is 0. The zero-order chi connectivity index (χ0) is 9.47. The molecule has 1 aliphatic heterocycles. The van der Waals surface area contributed by atoms with Gasteiger partial charge in [-0.3, -0.25) is 0 Å². The average molecular weight is 217 g/mol. The lowest BCUT2D eigenvalue weighted by Gasteiger charge is -2.40. The quantitative estimate of drug-likeness (QED) is 0.752. The van der Waals surface area contributed by atoms with Crippen molar-refractivity contribution in [1.82, 2.24) is 5.32 Å². The van der Waals surface area contributed by atoms with Crippen molar-refractivity contribution >= 4 is 23.2 Å². The van der Waals surface area contributed by atoms with E-state index in [-0.39, 0.29) is 5.54 Å². The number of nitrogens with one attached hydrogen (secondary N) is 1. The zero-order valence-electron chi connectivity index (χ0n) is 6.98. The highest BCUT2D eigenvalue weighted by molar-refractivity contribution is 6.33. The molecule has 13 heavy (non-hydrogen) atoms. The Balaban J connectivity index is 2.43. The van der Waals surface area contributed by atoms with Crippen molar-refractivity contribution in [3.8, 4) is 0 Å². The smallest absolute Gasteiger partial charge is 0.0677 e. The largest absolute Gasteiger partial charge is 0.319 e. The van der Waals surface area contributed by atoms with Crippen LogP contribution in [-0.4, -0.2) is 13.1 Å². The minimum absolute atomic E-state index is 0.331. The van der Waals surface area contributed by atoms with Gasteiger partial charge in [-0.05, 0) is 23.8 Å². The summed E-state index contributed by atoms with van der Waals surface area (Å²) in [6.45, 7) is 1.51. The van der Waals surface area contributed by atoms with Gasteiger partial charge in [-0.25, -0.2) is 0 Å². The minimum atomic E-state index is -0.331. The molecule has 0 aliphatic carbocycles. The Hall–Kier alpha value is -0.280. The predicted octanol–water partition coefficient (Wildman–Crippen LogP) is 1.75. The highest BCUT2D eigenvalue weighted by Crippen LogP contribution is 2.31. The molecule has 1 saturated heterocycles. The molecule has 0 spiro atoms. The molecule has 1 aromatic rings. The van der Waals surface area contributed by atoms with Gasteiger partial charge in [0.15, 0.2) is 0 Å². The van der Waals surface area contributed by atoms with Crippen LogP contribution < -0.4 is 11.1 Å². The van der Waals surface area contributed by atoms with Gasteiger partial charge in [0.25, 0.3) is 0 Å². The van der Waals surface area contributed by atoms with Crippen molar-refractivity contribution in [2.75, 3.05) is 13.1 Å². The molecule has 4 heteroatoms. The number of hydrogen-bond donors (Lipinski definition) is 2. The van der Waals surface area contributed by atoms with Crippen LogP contribution in [0.4, 0.5) is 0 Å². The molecule has 0 aromatic heterocycles. The fraction of sp³-hybridized carbons (Fsp3) is 0.333. The lowest BCUT2D eigenvalue weighted by molar-refractivity contribution is 0.287. The van der Waals surface area contributed by atoms with E-state index in [1.807, 2.05) is 6.07 Å². The number of benzene rings is 1. The lowest BCUT2D eigenvalue weighted by Crippen LogP contribution is -2.62. The van der Waals surface area contributed by atoms with Crippen LogP contribution in [0.2, 0.25) is 10.0 Å². The maximum Gasteiger partial charge on any atom is 0.0677 e. The molecule has 0 amide bonds. The summed E-state index contributed by atoms with van der Waals surface area (Å²) in [4.78, 5) is 0. The van der Waals surface area contributed by atoms with Crippen molar-refractivity contribution in [1.29, 1.82) is 0 Å². The predicted molar refractivity (Wildman–Crippen MR) is 55.2 cm³/mol. The molecule has 2 nitrogen and oxygen atoms in total. The molecule has 70 valence electrons. The van der Waals surface area contributed by atoms with Crippen LogP contribution in [-0.2, 0) is 5.54 Å². The summed E-state index contributed by atoms with van der Waals surface area (Å²) in [6, 6.07) is 5.39. The molecule has 1 aliphatic rings. The molecule has 0 atom stereocenters. The Morgan fingerprint density at radius 2 is 2.00 bits per heavy atom. The van der Waals surface area contributed by atoms with Crippen LogP contribution in [0.1, 0.15) is 5.56 Å². The second-order valence-corrected chi connectivity index (χ2v) is 4.23. The maximum absolute atomic E-state index is 6.09. The highest BCUT2D eigenvalue weighted by Gasteiger charge is 2.35. The fourth-order valence-electron chi connectivity index (χ4n) is 1.46. The molecule has 1 heterocycles. The number of nitrogens with two attached hydrogens (primary N) is 1. The summed E-state index contributed by atoms with van der Waals surface area (Å²) < 4.78 is 0. The first-order chi connectivity index (χ1) is 6.12. The third kappa shape index (κ3) is 1.55. The summed E-state index contributed by atoms with van der Waals surface area (Å²) in [5.41, 5.74) is 6.69. The Morgan fingerprint density at radius 3 is 2.54 bits per heavy atom. The van der Waals surface area contributed by atoms with E-state index >= 15 is 0 Å². The second-order valence-electron chi connectivity index (χ2n) is 3.38. The van der Waals surface area contributed by atoms with Crippen molar-refractivity contribution < 1.29 is 0 Å². The van der Waals surface area contributed by atoms with Crippen molar-refractivity contribution in [2.24, 2.45) is 5.73 Å². The van der Waals surface area contributed by atoms with Crippen molar-refractivity contribution in [3.05, 3.63) is 33.8 Å². The summed E-state index contributed by atoms with van der Waals surface area (Å²) in [6.07, 6.45) is 0. The number of hydrogen-bond acceptors (Lipinski definition) is 2. The first-order valence-corrected chi connectivity index (χ1v) is 4.82. The van der Waals surface area contributed by atoms with Crippen LogP contribution in [0, 0.1) is 0 Å². The van der Waals surface area contributed by atoms with Crippen LogP contribution in [0.15, 0.2) is 18.2 Å². The number of halogens is 2. The molecular formula is C9H10Cl2N2. The molecule has 1 fully saturated rings. The van der Waals surface area contributed by atoms with Gasteiger partial charge in [0.2, 0.25) is 0 Å². The summed E-state index contributed by atoms with van der Waals surface area (Å²) in [5.74, 6) is 0. The van der Waals surface area contributed by atoms with Crippen LogP contribution in [0.5, 0.6) is 0 Å². The van der Waals surface area contributed by atoms with E-state index in [1.54, 1.807) is 12.1 Å². The Bertz CT molecular complexity index is 334. The van der Waals surface area contributed by atoms with Crippen LogP contribution in [0.3, 0.4) is 0 Å². The van der Waals surface area contributed by atoms with Gasteiger partial charge in [0.05, 0.1) is 5.54 Å². The third-order valence-corrected chi connectivity index (χ3v) is 2.91. The first-order valence-electron chi connectivity index (χ1n) is 4.07. The lowest BCUT2D eigenvalue weighted by atomic mass is 9.85. The monoisotopic (exact) mass is 216 g/mol. The zero-order valence-corrected chi connectivity index (χ0v) is 8.49. The second kappa shape index (κ2) is 3.14. The molecule has 0 radical (unpaired) electrons. The van der Waals surface area contributed by atoms with E-state index in [2.05, 4.69) is 5.32 Å². The van der Waals surface area contributed by atoms with Crippen LogP contribution >= 0.6 is 23.2 Å². The molecule has 0 unspecified atom stereocenters. The van der Waals surface area contributed by atoms with Gasteiger partial charge in [-0.15, -0.1) is 0 Å². The SMILES string of the molecule is NC1(c2cc(Cl)ccc2Cl)CNC1. The van der Waals surface area contributed by atoms with Gasteiger partial charge in [0, 0.05) is 23.1 Å². The summed E-state index contributed by atoms with van der Waals surface area (Å²) in [5, 5.41) is 4.49. The molecule has 1 aromatic carbocycles. The highest BCUT2D eigenvalue weighted by atomic mass is 35.5. The molecule has 0 bridgehead atoms. The molecule has 2 rings (SSSR count). The van der Waals surface area contributed by atoms with E-state index in [0.29, 0.717) is 10.0 Å². The maximum atomic E-state index is 6.09. The first kappa shape index (κ1) is 9.28. The Kier molecular flexibility index (Phi) is 2.24. The topological polar surface area (TPSA) is 38.0 Å². The number of rotatable bonds is 1. The van der Waals surface area contributed by atoms with E-state index in [9.17, 15) is 0 Å². The van der Waals surface area contributed by atoms with Crippen molar-refractivity contribution in [2.45, 2.75) is 5.54 Å². The standard InChI is InChI=1S/C9H10Cl2N2/c10-6-1-2-8(11)7(3-6)9(12)4-13-5-9/h1-3,13H,4-5,12H2. The average Bonchev–Trinajstić information content (AvgIpc) is 2.05. The van der Waals surface area contributed by atoms with Gasteiger partial charge in [0.1, 0.15) is 0 Å². The van der Waals surface area contributed by atoms with Gasteiger partial charge >= 0.3 is 0 Å². The van der Waals surface area contributed by atoms with E-state index < -0.39 is 0 Å². The van der Waals surface area contributed by atoms with Gasteiger partial charge < -0.3 is 11.1 Å². The van der Waals surface area contributed by atoms with Crippen LogP contribution in [0.25, 0.3) is 0 Å². The third-order valence-electron chi connectivity index (χ3n) is 2.35. The van der Waals surface area contributed by atoms with E-state index in [4.69, 9.17) is 28.9 Å². The van der Waals surface area contributed by atoms with E-state index in [1.165, 1.54) is 0 Å². The molecular weight excluding hydrogens is 207 g/mol. The summed E-state index contributed by atoms with van der Waals surface area (Å²) >= 11 is 11.9. The Morgan fingerprint density at radius 1 is 1.31 bits per heavy atom. The normalized spacial score (nSPS) is 19.6. The van der Waals surface area contributed by atoms with E-state index in [0.717, 1.165) is 18.7 Å². The molecule has 0 saturated carbocycles. The minimum Gasteiger partial charge on any atom is -0.319 e. The van der Waals surface area contributed by atoms with Crippen molar-refractivity contribution in [3.63, 3.8) is 0 Å². The fourth-order valence-corrected chi connectivity index (χ4v) is 1.94.